The van der Waals surface area contributed by atoms with Crippen LogP contribution in [0.3, 0.4) is 0 Å². The van der Waals surface area contributed by atoms with E-state index in [9.17, 15) is 4.79 Å². The Morgan fingerprint density at radius 1 is 1.19 bits per heavy atom. The van der Waals surface area contributed by atoms with Crippen molar-refractivity contribution in [2.45, 2.75) is 12.8 Å². The second-order valence-corrected chi connectivity index (χ2v) is 3.50. The summed E-state index contributed by atoms with van der Waals surface area (Å²) in [5.41, 5.74) is 2.12. The summed E-state index contributed by atoms with van der Waals surface area (Å²) in [5.74, 6) is 4.87. The fraction of sp³-hybridized carbons (Fsp3) is 0.900. The van der Waals surface area contributed by atoms with Gasteiger partial charge in [0.2, 0.25) is 5.91 Å². The van der Waals surface area contributed by atoms with Gasteiger partial charge in [0.05, 0.1) is 6.61 Å². The van der Waals surface area contributed by atoms with Crippen LogP contribution in [0.25, 0.3) is 0 Å². The van der Waals surface area contributed by atoms with E-state index in [0.717, 1.165) is 26.1 Å². The SMILES string of the molecule is COCCCN(CCOC)CCC(=O)NN. The van der Waals surface area contributed by atoms with Gasteiger partial charge >= 0.3 is 0 Å². The molecule has 16 heavy (non-hydrogen) atoms. The Balaban J connectivity index is 3.75. The molecule has 96 valence electrons. The molecule has 0 saturated carbocycles. The third kappa shape index (κ3) is 8.60. The topological polar surface area (TPSA) is 76.8 Å². The average molecular weight is 233 g/mol. The van der Waals surface area contributed by atoms with Crippen LogP contribution >= 0.6 is 0 Å². The lowest BCUT2D eigenvalue weighted by molar-refractivity contribution is -0.121. The van der Waals surface area contributed by atoms with E-state index in [1.807, 2.05) is 0 Å². The van der Waals surface area contributed by atoms with Gasteiger partial charge in [-0.25, -0.2) is 5.84 Å². The number of rotatable bonds is 10. The predicted octanol–water partition coefficient (Wildman–Crippen LogP) is -0.649. The van der Waals surface area contributed by atoms with Crippen LogP contribution in [0.15, 0.2) is 0 Å². The number of ether oxygens (including phenoxy) is 2. The highest BCUT2D eigenvalue weighted by Gasteiger charge is 2.07. The fourth-order valence-corrected chi connectivity index (χ4v) is 1.32. The zero-order chi connectivity index (χ0) is 12.2. The number of hydrazine groups is 1. The number of methoxy groups -OCH3 is 2. The lowest BCUT2D eigenvalue weighted by Gasteiger charge is -2.21. The minimum atomic E-state index is -0.144. The molecule has 0 fully saturated rings. The van der Waals surface area contributed by atoms with Gasteiger partial charge in [-0.1, -0.05) is 0 Å². The highest BCUT2D eigenvalue weighted by atomic mass is 16.5. The van der Waals surface area contributed by atoms with Gasteiger partial charge in [0.25, 0.3) is 0 Å². The molecule has 0 aromatic heterocycles. The maximum Gasteiger partial charge on any atom is 0.235 e. The first kappa shape index (κ1) is 15.3. The Kier molecular flexibility index (Phi) is 10.3. The molecule has 0 spiro atoms. The summed E-state index contributed by atoms with van der Waals surface area (Å²) >= 11 is 0. The number of nitrogens with one attached hydrogen (secondary N) is 1. The molecule has 1 amide bonds. The molecule has 0 aliphatic carbocycles. The molecule has 6 nitrogen and oxygen atoms in total. The van der Waals surface area contributed by atoms with Crippen molar-refractivity contribution in [2.24, 2.45) is 5.84 Å². The second-order valence-electron chi connectivity index (χ2n) is 3.50. The normalized spacial score (nSPS) is 10.8. The zero-order valence-electron chi connectivity index (χ0n) is 10.2. The Bertz CT molecular complexity index is 179. The molecule has 0 heterocycles. The van der Waals surface area contributed by atoms with E-state index in [2.05, 4.69) is 10.3 Å². The van der Waals surface area contributed by atoms with Crippen LogP contribution in [0, 0.1) is 0 Å². The van der Waals surface area contributed by atoms with E-state index in [0.29, 0.717) is 19.6 Å². The van der Waals surface area contributed by atoms with Gasteiger partial charge in [0.1, 0.15) is 0 Å². The lowest BCUT2D eigenvalue weighted by Crippen LogP contribution is -2.36. The maximum absolute atomic E-state index is 11.0. The minimum absolute atomic E-state index is 0.144. The molecule has 0 saturated heterocycles. The second kappa shape index (κ2) is 10.8. The molecule has 0 aromatic carbocycles. The van der Waals surface area contributed by atoms with Crippen LogP contribution in [-0.2, 0) is 14.3 Å². The number of nitrogens with two attached hydrogens (primary N) is 1. The summed E-state index contributed by atoms with van der Waals surface area (Å²) in [5, 5.41) is 0. The van der Waals surface area contributed by atoms with Gasteiger partial charge in [-0.2, -0.15) is 0 Å². The van der Waals surface area contributed by atoms with Crippen molar-refractivity contribution in [2.75, 3.05) is 47.1 Å². The number of amides is 1. The number of carbonyl (C=O) groups is 1. The molecule has 6 heteroatoms. The van der Waals surface area contributed by atoms with Crippen LogP contribution in [0.4, 0.5) is 0 Å². The van der Waals surface area contributed by atoms with Gasteiger partial charge in [-0.05, 0) is 6.42 Å². The minimum Gasteiger partial charge on any atom is -0.385 e. The number of nitrogens with zero attached hydrogens (tertiary/aromatic N) is 1. The molecule has 0 aliphatic rings. The number of hydrogen-bond donors (Lipinski definition) is 2. The highest BCUT2D eigenvalue weighted by molar-refractivity contribution is 5.75. The predicted molar refractivity (Wildman–Crippen MR) is 61.8 cm³/mol. The first-order valence-electron chi connectivity index (χ1n) is 5.44. The molecule has 0 aliphatic heterocycles. The van der Waals surface area contributed by atoms with E-state index in [-0.39, 0.29) is 5.91 Å². The Morgan fingerprint density at radius 2 is 1.88 bits per heavy atom. The molecule has 0 radical (unpaired) electrons. The van der Waals surface area contributed by atoms with Crippen LogP contribution in [0.2, 0.25) is 0 Å². The van der Waals surface area contributed by atoms with E-state index in [4.69, 9.17) is 15.3 Å². The number of carbonyl (C=O) groups excluding carboxylic acids is 1. The van der Waals surface area contributed by atoms with Crippen LogP contribution < -0.4 is 11.3 Å². The Morgan fingerprint density at radius 3 is 2.44 bits per heavy atom. The molecule has 0 aromatic rings. The third-order valence-corrected chi connectivity index (χ3v) is 2.25. The van der Waals surface area contributed by atoms with Gasteiger partial charge in [-0.15, -0.1) is 0 Å². The Labute approximate surface area is 97.0 Å². The first-order chi connectivity index (χ1) is 7.74. The van der Waals surface area contributed by atoms with Crippen molar-refractivity contribution in [3.8, 4) is 0 Å². The average Bonchev–Trinajstić information content (AvgIpc) is 2.31. The molecule has 0 atom stereocenters. The Hall–Kier alpha value is -0.690. The maximum atomic E-state index is 11.0. The van der Waals surface area contributed by atoms with E-state index < -0.39 is 0 Å². The summed E-state index contributed by atoms with van der Waals surface area (Å²) in [7, 11) is 3.35. The van der Waals surface area contributed by atoms with Gasteiger partial charge in [-0.3, -0.25) is 10.2 Å². The third-order valence-electron chi connectivity index (χ3n) is 2.25. The highest BCUT2D eigenvalue weighted by Crippen LogP contribution is 1.95. The lowest BCUT2D eigenvalue weighted by atomic mass is 10.3. The quantitative estimate of drug-likeness (QED) is 0.227. The van der Waals surface area contributed by atoms with Gasteiger partial charge in [0, 0.05) is 46.9 Å². The molecule has 0 unspecified atom stereocenters. The van der Waals surface area contributed by atoms with Crippen LogP contribution in [0.1, 0.15) is 12.8 Å². The summed E-state index contributed by atoms with van der Waals surface area (Å²) < 4.78 is 10.00. The smallest absolute Gasteiger partial charge is 0.235 e. The molecule has 0 rings (SSSR count). The van der Waals surface area contributed by atoms with E-state index >= 15 is 0 Å². The fourth-order valence-electron chi connectivity index (χ4n) is 1.32. The van der Waals surface area contributed by atoms with E-state index in [1.165, 1.54) is 0 Å². The molecular formula is C10H23N3O3. The largest absolute Gasteiger partial charge is 0.385 e. The summed E-state index contributed by atoms with van der Waals surface area (Å²) in [4.78, 5) is 13.2. The van der Waals surface area contributed by atoms with Crippen molar-refractivity contribution in [1.82, 2.24) is 10.3 Å². The standard InChI is InChI=1S/C10H23N3O3/c1-15-8-3-5-13(7-9-16-2)6-4-10(14)12-11/h3-9,11H2,1-2H3,(H,12,14). The van der Waals surface area contributed by atoms with Gasteiger partial charge < -0.3 is 14.4 Å². The number of hydrogen-bond acceptors (Lipinski definition) is 5. The molecule has 3 N–H and O–H groups in total. The van der Waals surface area contributed by atoms with Crippen LogP contribution in [-0.4, -0.2) is 57.9 Å². The van der Waals surface area contributed by atoms with Crippen molar-refractivity contribution in [3.05, 3.63) is 0 Å². The van der Waals surface area contributed by atoms with Gasteiger partial charge in [0.15, 0.2) is 0 Å². The summed E-state index contributed by atoms with van der Waals surface area (Å²) in [6, 6.07) is 0. The van der Waals surface area contributed by atoms with Crippen molar-refractivity contribution < 1.29 is 14.3 Å². The van der Waals surface area contributed by atoms with Crippen LogP contribution in [0.5, 0.6) is 0 Å². The molecular weight excluding hydrogens is 210 g/mol. The molecule has 0 bridgehead atoms. The summed E-state index contributed by atoms with van der Waals surface area (Å²) in [6.45, 7) is 3.80. The van der Waals surface area contributed by atoms with Crippen molar-refractivity contribution in [3.63, 3.8) is 0 Å². The monoisotopic (exact) mass is 233 g/mol. The summed E-state index contributed by atoms with van der Waals surface area (Å²) in [6.07, 6.45) is 1.36. The first-order valence-corrected chi connectivity index (χ1v) is 5.44. The van der Waals surface area contributed by atoms with Crippen molar-refractivity contribution in [1.29, 1.82) is 0 Å². The zero-order valence-corrected chi connectivity index (χ0v) is 10.2. The van der Waals surface area contributed by atoms with E-state index in [1.54, 1.807) is 14.2 Å². The van der Waals surface area contributed by atoms with Crippen molar-refractivity contribution >= 4 is 5.91 Å².